The number of carbonyl (C=O) groups is 1. The quantitative estimate of drug-likeness (QED) is 0.666. The molecule has 2 N–H and O–H groups in total. The molecule has 0 atom stereocenters. The maximum atomic E-state index is 10.4. The van der Waals surface area contributed by atoms with Gasteiger partial charge in [-0.05, 0) is 30.7 Å². The van der Waals surface area contributed by atoms with Gasteiger partial charge in [0.2, 0.25) is 5.75 Å². The van der Waals surface area contributed by atoms with E-state index >= 15 is 0 Å². The topological polar surface area (TPSA) is 77.0 Å². The van der Waals surface area contributed by atoms with Crippen LogP contribution in [0, 0.1) is 0 Å². The number of benzene rings is 1. The molecule has 0 aliphatic carbocycles. The summed E-state index contributed by atoms with van der Waals surface area (Å²) in [7, 11) is 4.71. The average Bonchev–Trinajstić information content (AvgIpc) is 2.45. The zero-order valence-electron chi connectivity index (χ0n) is 12.1. The van der Waals surface area contributed by atoms with Crippen molar-refractivity contribution in [3.63, 3.8) is 0 Å². The smallest absolute Gasteiger partial charge is 0.304 e. The SMILES string of the molecule is COc1cc(CCNCCC(=O)O)cc(OC)c1OC. The molecule has 0 saturated carbocycles. The van der Waals surface area contributed by atoms with Crippen LogP contribution in [0.4, 0.5) is 0 Å². The largest absolute Gasteiger partial charge is 0.493 e. The zero-order chi connectivity index (χ0) is 15.0. The molecule has 0 aromatic heterocycles. The molecule has 0 aliphatic rings. The van der Waals surface area contributed by atoms with Crippen LogP contribution < -0.4 is 19.5 Å². The Morgan fingerprint density at radius 2 is 1.70 bits per heavy atom. The Hall–Kier alpha value is -1.95. The van der Waals surface area contributed by atoms with Crippen molar-refractivity contribution in [3.05, 3.63) is 17.7 Å². The molecule has 0 saturated heterocycles. The minimum absolute atomic E-state index is 0.120. The fourth-order valence-electron chi connectivity index (χ4n) is 1.83. The molecule has 6 heteroatoms. The van der Waals surface area contributed by atoms with Crippen molar-refractivity contribution in [1.82, 2.24) is 5.32 Å². The standard InChI is InChI=1S/C14H21NO5/c1-18-11-8-10(4-6-15-7-5-13(16)17)9-12(19-2)14(11)20-3/h8-9,15H,4-7H2,1-3H3,(H,16,17). The summed E-state index contributed by atoms with van der Waals surface area (Å²) in [5.74, 6) is 1.00. The summed E-state index contributed by atoms with van der Waals surface area (Å²) in [6.07, 6.45) is 0.867. The first-order chi connectivity index (χ1) is 9.62. The van der Waals surface area contributed by atoms with Crippen LogP contribution in [0.2, 0.25) is 0 Å². The molecule has 1 rings (SSSR count). The van der Waals surface area contributed by atoms with Gasteiger partial charge >= 0.3 is 5.97 Å². The summed E-state index contributed by atoms with van der Waals surface area (Å²) in [6.45, 7) is 1.14. The van der Waals surface area contributed by atoms with Crippen molar-refractivity contribution in [2.75, 3.05) is 34.4 Å². The maximum absolute atomic E-state index is 10.4. The Balaban J connectivity index is 2.64. The molecule has 0 heterocycles. The summed E-state index contributed by atoms with van der Waals surface area (Å²) in [5.41, 5.74) is 1.03. The second kappa shape index (κ2) is 8.27. The van der Waals surface area contributed by atoms with Gasteiger partial charge in [0, 0.05) is 6.54 Å². The van der Waals surface area contributed by atoms with Crippen molar-refractivity contribution in [2.45, 2.75) is 12.8 Å². The Bertz CT molecular complexity index is 422. The number of ether oxygens (including phenoxy) is 3. The predicted molar refractivity (Wildman–Crippen MR) is 74.9 cm³/mol. The molecule has 0 bridgehead atoms. The van der Waals surface area contributed by atoms with Gasteiger partial charge in [-0.1, -0.05) is 0 Å². The Morgan fingerprint density at radius 3 is 2.15 bits per heavy atom. The van der Waals surface area contributed by atoms with Crippen molar-refractivity contribution >= 4 is 5.97 Å². The molecule has 0 spiro atoms. The van der Waals surface area contributed by atoms with E-state index in [4.69, 9.17) is 19.3 Å². The highest BCUT2D eigenvalue weighted by molar-refractivity contribution is 5.66. The third kappa shape index (κ3) is 4.62. The molecule has 0 aliphatic heterocycles. The molecular weight excluding hydrogens is 262 g/mol. The lowest BCUT2D eigenvalue weighted by Crippen LogP contribution is -2.20. The van der Waals surface area contributed by atoms with Crippen LogP contribution in [-0.2, 0) is 11.2 Å². The van der Waals surface area contributed by atoms with Crippen LogP contribution in [0.3, 0.4) is 0 Å². The zero-order valence-corrected chi connectivity index (χ0v) is 12.1. The van der Waals surface area contributed by atoms with E-state index < -0.39 is 5.97 Å². The highest BCUT2D eigenvalue weighted by atomic mass is 16.5. The molecule has 112 valence electrons. The normalized spacial score (nSPS) is 10.2. The summed E-state index contributed by atoms with van der Waals surface area (Å²) >= 11 is 0. The van der Waals surface area contributed by atoms with Crippen LogP contribution in [0.5, 0.6) is 17.2 Å². The minimum Gasteiger partial charge on any atom is -0.493 e. The number of carboxylic acids is 1. The maximum Gasteiger partial charge on any atom is 0.304 e. The second-order valence-electron chi connectivity index (χ2n) is 4.18. The lowest BCUT2D eigenvalue weighted by Gasteiger charge is -2.14. The number of hydrogen-bond acceptors (Lipinski definition) is 5. The monoisotopic (exact) mass is 283 g/mol. The number of carboxylic acid groups (broad SMARTS) is 1. The van der Waals surface area contributed by atoms with Gasteiger partial charge in [0.1, 0.15) is 0 Å². The van der Waals surface area contributed by atoms with Gasteiger partial charge in [0.15, 0.2) is 11.5 Å². The van der Waals surface area contributed by atoms with Gasteiger partial charge in [0.05, 0.1) is 27.8 Å². The first kappa shape index (κ1) is 16.1. The van der Waals surface area contributed by atoms with Gasteiger partial charge in [-0.15, -0.1) is 0 Å². The lowest BCUT2D eigenvalue weighted by atomic mass is 10.1. The van der Waals surface area contributed by atoms with Crippen LogP contribution in [0.25, 0.3) is 0 Å². The van der Waals surface area contributed by atoms with Crippen molar-refractivity contribution < 1.29 is 24.1 Å². The van der Waals surface area contributed by atoms with Crippen molar-refractivity contribution in [3.8, 4) is 17.2 Å². The van der Waals surface area contributed by atoms with Crippen LogP contribution in [-0.4, -0.2) is 45.5 Å². The van der Waals surface area contributed by atoms with E-state index in [-0.39, 0.29) is 6.42 Å². The van der Waals surface area contributed by atoms with E-state index in [9.17, 15) is 4.79 Å². The molecule has 0 unspecified atom stereocenters. The molecule has 0 fully saturated rings. The molecule has 20 heavy (non-hydrogen) atoms. The van der Waals surface area contributed by atoms with E-state index in [1.165, 1.54) is 0 Å². The summed E-state index contributed by atoms with van der Waals surface area (Å²) in [4.78, 5) is 10.4. The third-order valence-electron chi connectivity index (χ3n) is 2.83. The van der Waals surface area contributed by atoms with E-state index in [1.54, 1.807) is 21.3 Å². The average molecular weight is 283 g/mol. The summed E-state index contributed by atoms with van der Waals surface area (Å²) < 4.78 is 15.8. The van der Waals surface area contributed by atoms with Gasteiger partial charge in [-0.25, -0.2) is 0 Å². The van der Waals surface area contributed by atoms with Gasteiger partial charge < -0.3 is 24.6 Å². The molecule has 1 aromatic rings. The highest BCUT2D eigenvalue weighted by Gasteiger charge is 2.12. The van der Waals surface area contributed by atoms with Crippen LogP contribution in [0.15, 0.2) is 12.1 Å². The van der Waals surface area contributed by atoms with Crippen molar-refractivity contribution in [2.24, 2.45) is 0 Å². The van der Waals surface area contributed by atoms with E-state index in [0.29, 0.717) is 30.3 Å². The lowest BCUT2D eigenvalue weighted by molar-refractivity contribution is -0.136. The van der Waals surface area contributed by atoms with Gasteiger partial charge in [-0.3, -0.25) is 4.79 Å². The second-order valence-corrected chi connectivity index (χ2v) is 4.18. The van der Waals surface area contributed by atoms with Crippen molar-refractivity contribution in [1.29, 1.82) is 0 Å². The first-order valence-electron chi connectivity index (χ1n) is 6.33. The van der Waals surface area contributed by atoms with Crippen LogP contribution >= 0.6 is 0 Å². The number of methoxy groups -OCH3 is 3. The highest BCUT2D eigenvalue weighted by Crippen LogP contribution is 2.38. The van der Waals surface area contributed by atoms with Gasteiger partial charge in [0.25, 0.3) is 0 Å². The predicted octanol–water partition coefficient (Wildman–Crippen LogP) is 1.32. The third-order valence-corrected chi connectivity index (χ3v) is 2.83. The number of aliphatic carboxylic acids is 1. The fourth-order valence-corrected chi connectivity index (χ4v) is 1.83. The Morgan fingerprint density at radius 1 is 1.10 bits per heavy atom. The molecule has 1 aromatic carbocycles. The minimum atomic E-state index is -0.801. The first-order valence-corrected chi connectivity index (χ1v) is 6.33. The van der Waals surface area contributed by atoms with E-state index in [1.807, 2.05) is 12.1 Å². The number of nitrogens with one attached hydrogen (secondary N) is 1. The Labute approximate surface area is 118 Å². The fraction of sp³-hybridized carbons (Fsp3) is 0.500. The number of hydrogen-bond donors (Lipinski definition) is 2. The number of rotatable bonds is 9. The van der Waals surface area contributed by atoms with Gasteiger partial charge in [-0.2, -0.15) is 0 Å². The Kier molecular flexibility index (Phi) is 6.66. The summed E-state index contributed by atoms with van der Waals surface area (Å²) in [5, 5.41) is 11.6. The molecular formula is C14H21NO5. The molecule has 0 amide bonds. The summed E-state index contributed by atoms with van der Waals surface area (Å²) in [6, 6.07) is 3.78. The van der Waals surface area contributed by atoms with E-state index in [0.717, 1.165) is 12.0 Å². The molecule has 6 nitrogen and oxygen atoms in total. The van der Waals surface area contributed by atoms with E-state index in [2.05, 4.69) is 5.32 Å². The molecule has 0 radical (unpaired) electrons. The van der Waals surface area contributed by atoms with Crippen LogP contribution in [0.1, 0.15) is 12.0 Å².